The van der Waals surface area contributed by atoms with Gasteiger partial charge in [0.25, 0.3) is 0 Å². The summed E-state index contributed by atoms with van der Waals surface area (Å²) in [5.41, 5.74) is 5.91. The van der Waals surface area contributed by atoms with Gasteiger partial charge in [-0.15, -0.1) is 5.73 Å². The van der Waals surface area contributed by atoms with Crippen LogP contribution in [-0.2, 0) is 9.47 Å². The fourth-order valence-electron chi connectivity index (χ4n) is 2.18. The third-order valence-electron chi connectivity index (χ3n) is 3.32. The highest BCUT2D eigenvalue weighted by Gasteiger charge is 2.09. The molecule has 0 aromatic carbocycles. The van der Waals surface area contributed by atoms with Gasteiger partial charge in [0, 0.05) is 19.1 Å². The molecule has 0 aromatic heterocycles. The zero-order valence-corrected chi connectivity index (χ0v) is 11.0. The highest BCUT2D eigenvalue weighted by atomic mass is 16.5. The Hall–Kier alpha value is -1.08. The first-order chi connectivity index (χ1) is 8.86. The third-order valence-corrected chi connectivity index (χ3v) is 3.32. The van der Waals surface area contributed by atoms with Crippen molar-refractivity contribution in [2.24, 2.45) is 5.92 Å². The zero-order valence-electron chi connectivity index (χ0n) is 11.0. The number of ether oxygens (including phenoxy) is 2. The molecule has 1 aliphatic carbocycles. The van der Waals surface area contributed by atoms with E-state index in [1.54, 1.807) is 0 Å². The standard InChI is InChI=1S/C16H22O2/c1-14-4-2-10-17-12-13-18-11-3-5-15-6-8-16(14)9-7-15/h6,8-9,16H,1-5,10-13H2. The summed E-state index contributed by atoms with van der Waals surface area (Å²) in [6.07, 6.45) is 10.7. The van der Waals surface area contributed by atoms with Crippen LogP contribution in [0, 0.1) is 5.92 Å². The molecule has 0 fully saturated rings. The average Bonchev–Trinajstić information content (AvgIpc) is 2.41. The Morgan fingerprint density at radius 2 is 1.78 bits per heavy atom. The van der Waals surface area contributed by atoms with E-state index in [4.69, 9.17) is 9.47 Å². The highest BCUT2D eigenvalue weighted by molar-refractivity contribution is 5.30. The Kier molecular flexibility index (Phi) is 5.47. The van der Waals surface area contributed by atoms with Gasteiger partial charge in [-0.25, -0.2) is 0 Å². The lowest BCUT2D eigenvalue weighted by atomic mass is 9.92. The predicted octanol–water partition coefficient (Wildman–Crippen LogP) is 3.42. The first kappa shape index (κ1) is 13.4. The summed E-state index contributed by atoms with van der Waals surface area (Å²) in [6.45, 7) is 7.17. The fraction of sp³-hybridized carbons (Fsp3) is 0.562. The van der Waals surface area contributed by atoms with Crippen LogP contribution in [0.2, 0.25) is 0 Å². The molecule has 18 heavy (non-hydrogen) atoms. The molecule has 0 N–H and O–H groups in total. The molecule has 2 heteroatoms. The minimum Gasteiger partial charge on any atom is -0.379 e. The molecule has 0 aromatic rings. The van der Waals surface area contributed by atoms with Gasteiger partial charge < -0.3 is 9.47 Å². The number of hydrogen-bond acceptors (Lipinski definition) is 2. The molecule has 3 rings (SSSR count). The molecule has 3 aliphatic rings. The van der Waals surface area contributed by atoms with E-state index in [1.807, 2.05) is 0 Å². The fourth-order valence-corrected chi connectivity index (χ4v) is 2.18. The molecule has 2 bridgehead atoms. The van der Waals surface area contributed by atoms with Crippen molar-refractivity contribution in [2.45, 2.75) is 25.7 Å². The molecule has 1 atom stereocenters. The second-order valence-corrected chi connectivity index (χ2v) is 4.81. The Bertz CT molecular complexity index is 373. The number of fused-ring (bicyclic) bond motifs is 10. The minimum atomic E-state index is 0.357. The summed E-state index contributed by atoms with van der Waals surface area (Å²) < 4.78 is 11.0. The highest BCUT2D eigenvalue weighted by Crippen LogP contribution is 2.22. The molecule has 0 radical (unpaired) electrons. The van der Waals surface area contributed by atoms with Crippen LogP contribution >= 0.6 is 0 Å². The van der Waals surface area contributed by atoms with Crippen LogP contribution in [0.1, 0.15) is 25.7 Å². The second kappa shape index (κ2) is 7.38. The molecule has 2 nitrogen and oxygen atoms in total. The van der Waals surface area contributed by atoms with Gasteiger partial charge in [-0.2, -0.15) is 0 Å². The Morgan fingerprint density at radius 1 is 1.06 bits per heavy atom. The smallest absolute Gasteiger partial charge is 0.0700 e. The van der Waals surface area contributed by atoms with Crippen LogP contribution < -0.4 is 0 Å². The van der Waals surface area contributed by atoms with Gasteiger partial charge in [0.2, 0.25) is 0 Å². The van der Waals surface area contributed by atoms with Crippen molar-refractivity contribution in [3.8, 4) is 0 Å². The maximum absolute atomic E-state index is 5.52. The van der Waals surface area contributed by atoms with Crippen molar-refractivity contribution in [1.29, 1.82) is 0 Å². The average molecular weight is 246 g/mol. The van der Waals surface area contributed by atoms with Crippen LogP contribution in [-0.4, -0.2) is 26.4 Å². The molecular weight excluding hydrogens is 224 g/mol. The first-order valence-electron chi connectivity index (χ1n) is 6.83. The van der Waals surface area contributed by atoms with E-state index in [-0.39, 0.29) is 0 Å². The van der Waals surface area contributed by atoms with Crippen molar-refractivity contribution < 1.29 is 9.47 Å². The Balaban J connectivity index is 1.95. The Labute approximate surface area is 110 Å². The molecule has 2 heterocycles. The van der Waals surface area contributed by atoms with Crippen LogP contribution in [0.3, 0.4) is 0 Å². The van der Waals surface area contributed by atoms with Gasteiger partial charge in [-0.1, -0.05) is 24.3 Å². The van der Waals surface area contributed by atoms with Gasteiger partial charge in [0.1, 0.15) is 0 Å². The van der Waals surface area contributed by atoms with Gasteiger partial charge in [-0.3, -0.25) is 0 Å². The van der Waals surface area contributed by atoms with E-state index in [0.717, 1.165) is 38.9 Å². The lowest BCUT2D eigenvalue weighted by molar-refractivity contribution is 0.0462. The third kappa shape index (κ3) is 4.30. The summed E-state index contributed by atoms with van der Waals surface area (Å²) in [7, 11) is 0. The van der Waals surface area contributed by atoms with Gasteiger partial charge in [0.05, 0.1) is 13.2 Å². The lowest BCUT2D eigenvalue weighted by Gasteiger charge is -2.13. The Morgan fingerprint density at radius 3 is 2.44 bits per heavy atom. The maximum atomic E-state index is 5.52. The molecule has 1 unspecified atom stereocenters. The van der Waals surface area contributed by atoms with E-state index in [9.17, 15) is 0 Å². The largest absolute Gasteiger partial charge is 0.379 e. The van der Waals surface area contributed by atoms with E-state index in [1.165, 1.54) is 11.1 Å². The molecule has 2 aliphatic heterocycles. The maximum Gasteiger partial charge on any atom is 0.0700 e. The second-order valence-electron chi connectivity index (χ2n) is 4.81. The van der Waals surface area contributed by atoms with Crippen LogP contribution in [0.5, 0.6) is 0 Å². The van der Waals surface area contributed by atoms with E-state index in [0.29, 0.717) is 19.1 Å². The van der Waals surface area contributed by atoms with Gasteiger partial charge in [-0.05, 0) is 37.3 Å². The number of hydrogen-bond donors (Lipinski definition) is 0. The number of rotatable bonds is 0. The van der Waals surface area contributed by atoms with Crippen molar-refractivity contribution >= 4 is 0 Å². The zero-order chi connectivity index (χ0) is 12.6. The minimum absolute atomic E-state index is 0.357. The first-order valence-corrected chi connectivity index (χ1v) is 6.83. The van der Waals surface area contributed by atoms with Crippen LogP contribution in [0.4, 0.5) is 0 Å². The van der Waals surface area contributed by atoms with Crippen molar-refractivity contribution in [3.63, 3.8) is 0 Å². The number of allylic oxidation sites excluding steroid dienone is 4. The summed E-state index contributed by atoms with van der Waals surface area (Å²) >= 11 is 0. The summed E-state index contributed by atoms with van der Waals surface area (Å²) in [5, 5.41) is 0. The van der Waals surface area contributed by atoms with Gasteiger partial charge >= 0.3 is 0 Å². The molecular formula is C16H22O2. The molecule has 0 spiro atoms. The molecule has 0 saturated heterocycles. The predicted molar refractivity (Wildman–Crippen MR) is 73.5 cm³/mol. The molecule has 0 saturated carbocycles. The summed E-state index contributed by atoms with van der Waals surface area (Å²) in [5.74, 6) is 0.357. The lowest BCUT2D eigenvalue weighted by Crippen LogP contribution is -2.06. The van der Waals surface area contributed by atoms with Crippen molar-refractivity contribution in [3.05, 3.63) is 41.7 Å². The monoisotopic (exact) mass is 246 g/mol. The summed E-state index contributed by atoms with van der Waals surface area (Å²) in [6, 6.07) is 0. The topological polar surface area (TPSA) is 18.5 Å². The van der Waals surface area contributed by atoms with E-state index >= 15 is 0 Å². The van der Waals surface area contributed by atoms with Crippen molar-refractivity contribution in [2.75, 3.05) is 26.4 Å². The normalized spacial score (nSPS) is 26.6. The van der Waals surface area contributed by atoms with Crippen molar-refractivity contribution in [1.82, 2.24) is 0 Å². The quantitative estimate of drug-likeness (QED) is 0.481. The molecule has 98 valence electrons. The van der Waals surface area contributed by atoms with Crippen LogP contribution in [0.15, 0.2) is 41.7 Å². The van der Waals surface area contributed by atoms with Crippen LogP contribution in [0.25, 0.3) is 0 Å². The SMILES string of the molecule is C=C1CCCOCCOCCCC2=C=CC1C=C2. The molecule has 0 amide bonds. The van der Waals surface area contributed by atoms with Gasteiger partial charge in [0.15, 0.2) is 0 Å². The van der Waals surface area contributed by atoms with E-state index in [2.05, 4.69) is 30.5 Å². The summed E-state index contributed by atoms with van der Waals surface area (Å²) in [4.78, 5) is 0. The van der Waals surface area contributed by atoms with E-state index < -0.39 is 0 Å².